The smallest absolute Gasteiger partial charge is 0.546 e. The molecule has 0 radical (unpaired) electrons. The quantitative estimate of drug-likeness (QED) is 0.566. The number of aliphatic carboxylic acids is 1. The molecule has 1 aliphatic heterocycles. The summed E-state index contributed by atoms with van der Waals surface area (Å²) in [6.45, 7) is -0.502. The van der Waals surface area contributed by atoms with Gasteiger partial charge in [-0.05, 0) is 34.9 Å². The normalized spacial score (nSPS) is 14.2. The topological polar surface area (TPSA) is 78.5 Å². The molecule has 0 aliphatic carbocycles. The monoisotopic (exact) mass is 419 g/mol. The van der Waals surface area contributed by atoms with Crippen LogP contribution in [0.5, 0.6) is 5.75 Å². The van der Waals surface area contributed by atoms with Crippen LogP contribution in [-0.2, 0) is 9.59 Å². The minimum Gasteiger partial charge on any atom is -0.546 e. The molecule has 0 spiro atoms. The van der Waals surface area contributed by atoms with E-state index in [4.69, 9.17) is 4.74 Å². The third-order valence-electron chi connectivity index (χ3n) is 4.67. The zero-order chi connectivity index (χ0) is 20.9. The van der Waals surface area contributed by atoms with E-state index < -0.39 is 12.6 Å². The van der Waals surface area contributed by atoms with Crippen LogP contribution in [-0.4, -0.2) is 18.5 Å². The SMILES string of the molecule is O=C([O-])COc1ccc(/C=C2\NC(=O)C(c3ccccc3)=C2c2ccccc2)cc1.[Na+]. The molecule has 1 aliphatic rings. The number of rotatable bonds is 6. The average molecular weight is 419 g/mol. The molecule has 1 amide bonds. The van der Waals surface area contributed by atoms with Gasteiger partial charge in [-0.15, -0.1) is 0 Å². The predicted molar refractivity (Wildman–Crippen MR) is 113 cm³/mol. The summed E-state index contributed by atoms with van der Waals surface area (Å²) < 4.78 is 5.11. The zero-order valence-corrected chi connectivity index (χ0v) is 19.0. The number of nitrogens with one attached hydrogen (secondary N) is 1. The van der Waals surface area contributed by atoms with E-state index >= 15 is 0 Å². The van der Waals surface area contributed by atoms with Crippen molar-refractivity contribution < 1.29 is 49.0 Å². The molecule has 3 aromatic carbocycles. The van der Waals surface area contributed by atoms with Crippen LogP contribution in [0.25, 0.3) is 17.2 Å². The van der Waals surface area contributed by atoms with Gasteiger partial charge in [-0.2, -0.15) is 0 Å². The van der Waals surface area contributed by atoms with Gasteiger partial charge in [0, 0.05) is 5.57 Å². The largest absolute Gasteiger partial charge is 1.00 e. The second-order valence-electron chi connectivity index (χ2n) is 6.72. The Morgan fingerprint density at radius 1 is 0.839 bits per heavy atom. The number of carbonyl (C=O) groups excluding carboxylic acids is 2. The third-order valence-corrected chi connectivity index (χ3v) is 4.67. The Morgan fingerprint density at radius 3 is 1.94 bits per heavy atom. The Balaban J connectivity index is 0.00000272. The Kier molecular flexibility index (Phi) is 7.47. The summed E-state index contributed by atoms with van der Waals surface area (Å²) in [6, 6.07) is 26.3. The second-order valence-corrected chi connectivity index (χ2v) is 6.72. The van der Waals surface area contributed by atoms with Crippen LogP contribution in [0.3, 0.4) is 0 Å². The maximum atomic E-state index is 12.9. The zero-order valence-electron chi connectivity index (χ0n) is 17.0. The molecule has 6 heteroatoms. The molecular weight excluding hydrogens is 401 g/mol. The molecule has 1 heterocycles. The molecule has 0 bridgehead atoms. The Labute approximate surface area is 202 Å². The fourth-order valence-electron chi connectivity index (χ4n) is 3.36. The molecule has 5 nitrogen and oxygen atoms in total. The molecule has 148 valence electrons. The van der Waals surface area contributed by atoms with Gasteiger partial charge >= 0.3 is 29.6 Å². The van der Waals surface area contributed by atoms with Gasteiger partial charge in [0.2, 0.25) is 0 Å². The number of hydrogen-bond donors (Lipinski definition) is 1. The number of hydrogen-bond acceptors (Lipinski definition) is 4. The number of carboxylic acids is 1. The van der Waals surface area contributed by atoms with Crippen molar-refractivity contribution in [2.24, 2.45) is 0 Å². The van der Waals surface area contributed by atoms with Gasteiger partial charge in [-0.1, -0.05) is 72.8 Å². The maximum Gasteiger partial charge on any atom is 1.00 e. The van der Waals surface area contributed by atoms with Crippen LogP contribution < -0.4 is 44.7 Å². The first kappa shape index (κ1) is 22.6. The number of carboxylic acid groups (broad SMARTS) is 1. The molecule has 4 rings (SSSR count). The average Bonchev–Trinajstić information content (AvgIpc) is 3.10. The standard InChI is InChI=1S/C25H19NO4.Na/c27-22(28)16-30-20-13-11-17(12-14-20)15-21-23(18-7-3-1-4-8-18)24(25(29)26-21)19-9-5-2-6-10-19;/h1-15H,16H2,(H,26,29)(H,27,28);/q;+1/p-1/b21-15-;. The minimum atomic E-state index is -1.28. The third kappa shape index (κ3) is 5.33. The summed E-state index contributed by atoms with van der Waals surface area (Å²) >= 11 is 0. The summed E-state index contributed by atoms with van der Waals surface area (Å²) in [5.41, 5.74) is 4.80. The van der Waals surface area contributed by atoms with Crippen molar-refractivity contribution in [3.63, 3.8) is 0 Å². The predicted octanol–water partition coefficient (Wildman–Crippen LogP) is -0.0990. The number of benzene rings is 3. The van der Waals surface area contributed by atoms with E-state index in [9.17, 15) is 14.7 Å². The van der Waals surface area contributed by atoms with Gasteiger partial charge in [0.1, 0.15) is 12.4 Å². The molecule has 3 aromatic rings. The van der Waals surface area contributed by atoms with E-state index in [0.29, 0.717) is 17.0 Å². The molecule has 1 N–H and O–H groups in total. The Morgan fingerprint density at radius 2 is 1.39 bits per heavy atom. The van der Waals surface area contributed by atoms with Gasteiger partial charge < -0.3 is 20.0 Å². The van der Waals surface area contributed by atoms with Gasteiger partial charge in [-0.25, -0.2) is 0 Å². The summed E-state index contributed by atoms with van der Waals surface area (Å²) in [7, 11) is 0. The van der Waals surface area contributed by atoms with Crippen LogP contribution >= 0.6 is 0 Å². The minimum absolute atomic E-state index is 0. The van der Waals surface area contributed by atoms with Crippen molar-refractivity contribution in [2.45, 2.75) is 0 Å². The van der Waals surface area contributed by atoms with Crippen molar-refractivity contribution in [3.05, 3.63) is 107 Å². The first-order chi connectivity index (χ1) is 14.6. The van der Waals surface area contributed by atoms with E-state index in [-0.39, 0.29) is 35.5 Å². The van der Waals surface area contributed by atoms with E-state index in [2.05, 4.69) is 5.32 Å². The summed E-state index contributed by atoms with van der Waals surface area (Å²) in [4.78, 5) is 23.4. The van der Waals surface area contributed by atoms with Crippen molar-refractivity contribution in [1.82, 2.24) is 5.32 Å². The van der Waals surface area contributed by atoms with Crippen LogP contribution in [0.2, 0.25) is 0 Å². The van der Waals surface area contributed by atoms with E-state index in [1.165, 1.54) is 0 Å². The summed E-state index contributed by atoms with van der Waals surface area (Å²) in [5.74, 6) is -0.998. The number of amides is 1. The van der Waals surface area contributed by atoms with Crippen LogP contribution in [0, 0.1) is 0 Å². The number of ether oxygens (including phenoxy) is 1. The first-order valence-electron chi connectivity index (χ1n) is 9.43. The molecular formula is C25H18NNaO4. The summed E-state index contributed by atoms with van der Waals surface area (Å²) in [6.07, 6.45) is 1.89. The van der Waals surface area contributed by atoms with Gasteiger partial charge in [0.05, 0.1) is 17.2 Å². The van der Waals surface area contributed by atoms with Gasteiger partial charge in [-0.3, -0.25) is 4.79 Å². The maximum absolute atomic E-state index is 12.9. The fraction of sp³-hybridized carbons (Fsp3) is 0.0400. The Bertz CT molecular complexity index is 1140. The Hall–Kier alpha value is -3.12. The van der Waals surface area contributed by atoms with Gasteiger partial charge in [0.25, 0.3) is 5.91 Å². The fourth-order valence-corrected chi connectivity index (χ4v) is 3.36. The van der Waals surface area contributed by atoms with Crippen LogP contribution in [0.1, 0.15) is 16.7 Å². The van der Waals surface area contributed by atoms with Crippen molar-refractivity contribution in [2.75, 3.05) is 6.61 Å². The second kappa shape index (κ2) is 10.3. The molecule has 0 unspecified atom stereocenters. The van der Waals surface area contributed by atoms with E-state index in [1.807, 2.05) is 66.7 Å². The van der Waals surface area contributed by atoms with E-state index in [1.54, 1.807) is 24.3 Å². The van der Waals surface area contributed by atoms with Crippen LogP contribution in [0.15, 0.2) is 90.6 Å². The van der Waals surface area contributed by atoms with Gasteiger partial charge in [0.15, 0.2) is 0 Å². The van der Waals surface area contributed by atoms with Crippen molar-refractivity contribution >= 4 is 29.1 Å². The van der Waals surface area contributed by atoms with Crippen molar-refractivity contribution in [1.29, 1.82) is 0 Å². The first-order valence-corrected chi connectivity index (χ1v) is 9.43. The molecule has 0 saturated carbocycles. The molecule has 0 atom stereocenters. The number of allylic oxidation sites excluding steroid dienone is 1. The van der Waals surface area contributed by atoms with Crippen molar-refractivity contribution in [3.8, 4) is 5.75 Å². The van der Waals surface area contributed by atoms with E-state index in [0.717, 1.165) is 22.3 Å². The molecule has 31 heavy (non-hydrogen) atoms. The molecule has 0 saturated heterocycles. The molecule has 0 fully saturated rings. The molecule has 0 aromatic heterocycles. The summed E-state index contributed by atoms with van der Waals surface area (Å²) in [5, 5.41) is 13.5. The number of carbonyl (C=O) groups is 2. The van der Waals surface area contributed by atoms with Crippen LogP contribution in [0.4, 0.5) is 0 Å².